The summed E-state index contributed by atoms with van der Waals surface area (Å²) in [4.78, 5) is 12.2. The van der Waals surface area contributed by atoms with E-state index in [1.54, 1.807) is 25.1 Å². The molecule has 0 saturated heterocycles. The van der Waals surface area contributed by atoms with Gasteiger partial charge in [0.05, 0.1) is 10.9 Å². The topological polar surface area (TPSA) is 101 Å². The molecule has 1 aromatic heterocycles. The van der Waals surface area contributed by atoms with E-state index in [1.807, 2.05) is 13.8 Å². The van der Waals surface area contributed by atoms with Crippen LogP contribution in [0.2, 0.25) is 0 Å². The van der Waals surface area contributed by atoms with E-state index in [2.05, 4.69) is 15.2 Å². The van der Waals surface area contributed by atoms with Crippen molar-refractivity contribution in [1.82, 2.24) is 9.88 Å². The summed E-state index contributed by atoms with van der Waals surface area (Å²) >= 11 is 0. The number of anilines is 1. The normalized spacial score (nSPS) is 13.0. The molecule has 0 aliphatic rings. The van der Waals surface area contributed by atoms with Gasteiger partial charge < -0.3 is 9.84 Å². The molecule has 0 bridgehead atoms. The number of hydrogen-bond donors (Lipinski definition) is 2. The molecule has 0 spiro atoms. The number of nitrogens with one attached hydrogen (secondary N) is 2. The Kier molecular flexibility index (Phi) is 5.40. The minimum atomic E-state index is -3.79. The summed E-state index contributed by atoms with van der Waals surface area (Å²) in [5.74, 6) is 0.574. The number of rotatable bonds is 6. The zero-order valence-corrected chi connectivity index (χ0v) is 14.8. The first-order chi connectivity index (χ1) is 11.2. The van der Waals surface area contributed by atoms with Crippen LogP contribution < -0.4 is 10.0 Å². The molecule has 2 N–H and O–H groups in total. The number of amides is 1. The third kappa shape index (κ3) is 4.42. The van der Waals surface area contributed by atoms with E-state index in [-0.39, 0.29) is 10.7 Å². The molecular weight excluding hydrogens is 330 g/mol. The molecule has 24 heavy (non-hydrogen) atoms. The number of benzene rings is 1. The first kappa shape index (κ1) is 18.2. The van der Waals surface area contributed by atoms with Gasteiger partial charge in [0, 0.05) is 6.07 Å². The highest BCUT2D eigenvalue weighted by Crippen LogP contribution is 2.17. The lowest BCUT2D eigenvalue weighted by molar-refractivity contribution is -0.117. The Morgan fingerprint density at radius 1 is 1.17 bits per heavy atom. The van der Waals surface area contributed by atoms with Gasteiger partial charge >= 0.3 is 0 Å². The molecule has 2 aromatic rings. The number of nitrogens with zero attached hydrogens (tertiary/aromatic N) is 1. The molecule has 8 heteroatoms. The minimum absolute atomic E-state index is 0.115. The van der Waals surface area contributed by atoms with Crippen molar-refractivity contribution >= 4 is 21.7 Å². The Labute approximate surface area is 141 Å². The maximum atomic E-state index is 12.4. The van der Waals surface area contributed by atoms with Crippen LogP contribution in [0.4, 0.5) is 5.82 Å². The lowest BCUT2D eigenvalue weighted by Gasteiger charge is -2.14. The van der Waals surface area contributed by atoms with Crippen LogP contribution in [0.25, 0.3) is 0 Å². The fourth-order valence-corrected chi connectivity index (χ4v) is 3.25. The molecule has 0 aliphatic heterocycles. The van der Waals surface area contributed by atoms with Gasteiger partial charge in [-0.2, -0.15) is 4.72 Å². The van der Waals surface area contributed by atoms with Crippen LogP contribution in [0.5, 0.6) is 0 Å². The van der Waals surface area contributed by atoms with Gasteiger partial charge in [-0.15, -0.1) is 0 Å². The van der Waals surface area contributed by atoms with E-state index in [9.17, 15) is 13.2 Å². The van der Waals surface area contributed by atoms with Gasteiger partial charge in [0.15, 0.2) is 5.82 Å². The van der Waals surface area contributed by atoms with Gasteiger partial charge in [-0.05, 0) is 37.5 Å². The molecule has 130 valence electrons. The summed E-state index contributed by atoms with van der Waals surface area (Å²) in [6.07, 6.45) is 0. The minimum Gasteiger partial charge on any atom is -0.360 e. The monoisotopic (exact) mass is 351 g/mol. The average Bonchev–Trinajstić information content (AvgIpc) is 2.92. The van der Waals surface area contributed by atoms with E-state index in [0.717, 1.165) is 5.56 Å². The quantitative estimate of drug-likeness (QED) is 0.832. The number of hydrogen-bond acceptors (Lipinski definition) is 5. The fourth-order valence-electron chi connectivity index (χ4n) is 2.05. The van der Waals surface area contributed by atoms with E-state index in [0.29, 0.717) is 11.7 Å². The SMILES string of the molecule is Cc1cc(NC(=O)[C@@H](C)NS(=O)(=O)c2ccc(C(C)C)cc2)no1. The predicted octanol–water partition coefficient (Wildman–Crippen LogP) is 2.41. The van der Waals surface area contributed by atoms with Gasteiger partial charge in [-0.1, -0.05) is 31.1 Å². The maximum absolute atomic E-state index is 12.4. The highest BCUT2D eigenvalue weighted by molar-refractivity contribution is 7.89. The Balaban J connectivity index is 2.05. The summed E-state index contributed by atoms with van der Waals surface area (Å²) < 4.78 is 31.9. The van der Waals surface area contributed by atoms with Gasteiger partial charge in [0.25, 0.3) is 0 Å². The maximum Gasteiger partial charge on any atom is 0.243 e. The van der Waals surface area contributed by atoms with Crippen LogP contribution in [0.3, 0.4) is 0 Å². The standard InChI is InChI=1S/C16H21N3O4S/c1-10(2)13-5-7-14(8-6-13)24(21,22)19-12(4)16(20)17-15-9-11(3)23-18-15/h5-10,12,19H,1-4H3,(H,17,18,20)/t12-/m1/s1. The fraction of sp³-hybridized carbons (Fsp3) is 0.375. The molecule has 0 saturated carbocycles. The van der Waals surface area contributed by atoms with E-state index < -0.39 is 22.0 Å². The van der Waals surface area contributed by atoms with Crippen molar-refractivity contribution in [2.75, 3.05) is 5.32 Å². The van der Waals surface area contributed by atoms with Crippen LogP contribution >= 0.6 is 0 Å². The van der Waals surface area contributed by atoms with Crippen molar-refractivity contribution in [3.63, 3.8) is 0 Å². The van der Waals surface area contributed by atoms with E-state index >= 15 is 0 Å². The summed E-state index contributed by atoms with van der Waals surface area (Å²) in [7, 11) is -3.79. The Morgan fingerprint density at radius 2 is 1.79 bits per heavy atom. The lowest BCUT2D eigenvalue weighted by Crippen LogP contribution is -2.41. The van der Waals surface area contributed by atoms with Crippen molar-refractivity contribution in [2.24, 2.45) is 0 Å². The van der Waals surface area contributed by atoms with Crippen LogP contribution in [-0.4, -0.2) is 25.5 Å². The van der Waals surface area contributed by atoms with Crippen LogP contribution in [0.1, 0.15) is 38.0 Å². The molecule has 1 aromatic carbocycles. The number of aryl methyl sites for hydroxylation is 1. The van der Waals surface area contributed by atoms with Crippen molar-refractivity contribution in [3.8, 4) is 0 Å². The first-order valence-corrected chi connectivity index (χ1v) is 9.04. The average molecular weight is 351 g/mol. The van der Waals surface area contributed by atoms with Crippen LogP contribution in [-0.2, 0) is 14.8 Å². The highest BCUT2D eigenvalue weighted by Gasteiger charge is 2.22. The molecule has 1 atom stereocenters. The number of carbonyl (C=O) groups excluding carboxylic acids is 1. The lowest BCUT2D eigenvalue weighted by atomic mass is 10.0. The molecule has 0 unspecified atom stereocenters. The van der Waals surface area contributed by atoms with Gasteiger partial charge in [0.1, 0.15) is 5.76 Å². The Bertz CT molecular complexity index is 810. The highest BCUT2D eigenvalue weighted by atomic mass is 32.2. The van der Waals surface area contributed by atoms with Crippen LogP contribution in [0.15, 0.2) is 39.8 Å². The number of aromatic nitrogens is 1. The van der Waals surface area contributed by atoms with Crippen LogP contribution in [0, 0.1) is 6.92 Å². The van der Waals surface area contributed by atoms with E-state index in [4.69, 9.17) is 4.52 Å². The molecule has 1 heterocycles. The molecular formula is C16H21N3O4S. The molecule has 0 aliphatic carbocycles. The first-order valence-electron chi connectivity index (χ1n) is 7.55. The summed E-state index contributed by atoms with van der Waals surface area (Å²) in [5, 5.41) is 6.12. The summed E-state index contributed by atoms with van der Waals surface area (Å²) in [5.41, 5.74) is 1.04. The largest absolute Gasteiger partial charge is 0.360 e. The number of sulfonamides is 1. The Hall–Kier alpha value is -2.19. The predicted molar refractivity (Wildman–Crippen MR) is 90.2 cm³/mol. The van der Waals surface area contributed by atoms with Crippen molar-refractivity contribution in [2.45, 2.75) is 44.6 Å². The van der Waals surface area contributed by atoms with E-state index in [1.165, 1.54) is 19.1 Å². The molecule has 0 fully saturated rings. The zero-order chi connectivity index (χ0) is 17.9. The molecule has 2 rings (SSSR count). The van der Waals surface area contributed by atoms with Gasteiger partial charge in [-0.25, -0.2) is 8.42 Å². The van der Waals surface area contributed by atoms with Crippen molar-refractivity contribution in [1.29, 1.82) is 0 Å². The molecule has 1 amide bonds. The Morgan fingerprint density at radius 3 is 2.29 bits per heavy atom. The smallest absolute Gasteiger partial charge is 0.243 e. The third-order valence-corrected chi connectivity index (χ3v) is 5.02. The second kappa shape index (κ2) is 7.14. The van der Waals surface area contributed by atoms with Gasteiger partial charge in [-0.3, -0.25) is 4.79 Å². The van der Waals surface area contributed by atoms with Gasteiger partial charge in [0.2, 0.25) is 15.9 Å². The summed E-state index contributed by atoms with van der Waals surface area (Å²) in [6, 6.07) is 7.18. The summed E-state index contributed by atoms with van der Waals surface area (Å²) in [6.45, 7) is 7.21. The number of carbonyl (C=O) groups is 1. The molecule has 0 radical (unpaired) electrons. The van der Waals surface area contributed by atoms with Crippen molar-refractivity contribution < 1.29 is 17.7 Å². The second-order valence-corrected chi connectivity index (χ2v) is 7.59. The van der Waals surface area contributed by atoms with Crippen molar-refractivity contribution in [3.05, 3.63) is 41.7 Å². The second-order valence-electron chi connectivity index (χ2n) is 5.88. The molecule has 7 nitrogen and oxygen atoms in total. The third-order valence-electron chi connectivity index (χ3n) is 3.46. The zero-order valence-electron chi connectivity index (χ0n) is 14.0.